The van der Waals surface area contributed by atoms with Crippen LogP contribution >= 0.6 is 0 Å². The van der Waals surface area contributed by atoms with E-state index < -0.39 is 0 Å². The molecule has 3 aromatic rings. The third-order valence-electron chi connectivity index (χ3n) is 5.26. The van der Waals surface area contributed by atoms with Crippen LogP contribution in [-0.4, -0.2) is 30.5 Å². The minimum Gasteiger partial charge on any atom is -0.497 e. The first-order valence-electron chi connectivity index (χ1n) is 9.44. The quantitative estimate of drug-likeness (QED) is 0.649. The number of benzene rings is 2. The summed E-state index contributed by atoms with van der Waals surface area (Å²) in [5.74, 6) is 0.696. The lowest BCUT2D eigenvalue weighted by molar-refractivity contribution is -0.117. The molecule has 0 spiro atoms. The molecule has 6 heteroatoms. The van der Waals surface area contributed by atoms with Crippen molar-refractivity contribution < 1.29 is 19.1 Å². The van der Waals surface area contributed by atoms with Gasteiger partial charge < -0.3 is 19.4 Å². The van der Waals surface area contributed by atoms with Crippen molar-refractivity contribution in [3.63, 3.8) is 0 Å². The van der Waals surface area contributed by atoms with Crippen LogP contribution < -0.4 is 14.8 Å². The van der Waals surface area contributed by atoms with Gasteiger partial charge in [-0.1, -0.05) is 30.3 Å². The number of rotatable bonds is 6. The number of hydrogen-bond donors (Lipinski definition) is 1. The maximum absolute atomic E-state index is 13.0. The lowest BCUT2D eigenvalue weighted by Crippen LogP contribution is -2.20. The highest BCUT2D eigenvalue weighted by atomic mass is 16.5. The van der Waals surface area contributed by atoms with Crippen LogP contribution in [0.1, 0.15) is 34.1 Å². The molecule has 148 valence electrons. The second-order valence-corrected chi connectivity index (χ2v) is 6.89. The number of amides is 1. The van der Waals surface area contributed by atoms with Crippen molar-refractivity contribution in [3.8, 4) is 11.5 Å². The van der Waals surface area contributed by atoms with Gasteiger partial charge in [0.2, 0.25) is 11.7 Å². The molecule has 1 aromatic heterocycles. The van der Waals surface area contributed by atoms with Crippen LogP contribution in [0.15, 0.2) is 60.7 Å². The Labute approximate surface area is 169 Å². The Morgan fingerprint density at radius 2 is 1.79 bits per heavy atom. The summed E-state index contributed by atoms with van der Waals surface area (Å²) in [4.78, 5) is 25.8. The number of ketones is 1. The Bertz CT molecular complexity index is 1060. The van der Waals surface area contributed by atoms with E-state index >= 15 is 0 Å². The van der Waals surface area contributed by atoms with Gasteiger partial charge in [0.25, 0.3) is 0 Å². The molecule has 0 saturated heterocycles. The average Bonchev–Trinajstić information content (AvgIpc) is 3.36. The molecule has 0 saturated carbocycles. The van der Waals surface area contributed by atoms with Gasteiger partial charge in [0.15, 0.2) is 0 Å². The predicted octanol–water partition coefficient (Wildman–Crippen LogP) is 3.86. The zero-order valence-electron chi connectivity index (χ0n) is 16.3. The molecule has 0 aliphatic carbocycles. The Balaban J connectivity index is 1.57. The van der Waals surface area contributed by atoms with Gasteiger partial charge >= 0.3 is 0 Å². The van der Waals surface area contributed by atoms with Crippen molar-refractivity contribution in [3.05, 3.63) is 77.6 Å². The smallest absolute Gasteiger partial charge is 0.233 e. The highest BCUT2D eigenvalue weighted by Crippen LogP contribution is 2.34. The van der Waals surface area contributed by atoms with E-state index in [1.54, 1.807) is 50.6 Å². The number of carbonyl (C=O) groups excluding carboxylic acids is 2. The molecule has 0 radical (unpaired) electrons. The lowest BCUT2D eigenvalue weighted by atomic mass is 10.0. The Morgan fingerprint density at radius 3 is 2.52 bits per heavy atom. The molecule has 1 unspecified atom stereocenters. The van der Waals surface area contributed by atoms with E-state index in [0.717, 1.165) is 5.69 Å². The molecule has 1 aliphatic rings. The van der Waals surface area contributed by atoms with Gasteiger partial charge in [-0.25, -0.2) is 0 Å². The summed E-state index contributed by atoms with van der Waals surface area (Å²) in [5, 5.41) is 2.95. The monoisotopic (exact) mass is 390 g/mol. The summed E-state index contributed by atoms with van der Waals surface area (Å²) in [7, 11) is 3.13. The molecular formula is C23H22N2O4. The molecule has 1 amide bonds. The zero-order valence-corrected chi connectivity index (χ0v) is 16.3. The van der Waals surface area contributed by atoms with E-state index in [4.69, 9.17) is 9.47 Å². The van der Waals surface area contributed by atoms with Crippen LogP contribution in [0.3, 0.4) is 0 Å². The van der Waals surface area contributed by atoms with E-state index in [1.165, 1.54) is 0 Å². The van der Waals surface area contributed by atoms with Crippen LogP contribution in [0, 0.1) is 0 Å². The number of methoxy groups -OCH3 is 2. The maximum Gasteiger partial charge on any atom is 0.233 e. The minimum atomic E-state index is -0.330. The summed E-state index contributed by atoms with van der Waals surface area (Å²) in [6.45, 7) is 0.629. The maximum atomic E-state index is 13.0. The van der Waals surface area contributed by atoms with Gasteiger partial charge in [-0.05, 0) is 30.7 Å². The molecule has 2 heterocycles. The van der Waals surface area contributed by atoms with Crippen molar-refractivity contribution in [1.29, 1.82) is 0 Å². The van der Waals surface area contributed by atoms with Crippen LogP contribution in [0.4, 0.5) is 5.69 Å². The van der Waals surface area contributed by atoms with Crippen molar-refractivity contribution in [2.24, 2.45) is 0 Å². The minimum absolute atomic E-state index is 0.0348. The van der Waals surface area contributed by atoms with Crippen LogP contribution in [0.5, 0.6) is 11.5 Å². The Kier molecular flexibility index (Phi) is 5.08. The van der Waals surface area contributed by atoms with E-state index in [2.05, 4.69) is 5.32 Å². The largest absolute Gasteiger partial charge is 0.497 e. The summed E-state index contributed by atoms with van der Waals surface area (Å²) >= 11 is 0. The van der Waals surface area contributed by atoms with Crippen molar-refractivity contribution in [1.82, 2.24) is 4.57 Å². The van der Waals surface area contributed by atoms with E-state index in [1.807, 2.05) is 28.8 Å². The molecule has 0 bridgehead atoms. The van der Waals surface area contributed by atoms with Gasteiger partial charge in [0.1, 0.15) is 11.5 Å². The Hall–Kier alpha value is -3.54. The highest BCUT2D eigenvalue weighted by molar-refractivity contribution is 6.08. The summed E-state index contributed by atoms with van der Waals surface area (Å²) in [6.07, 6.45) is 0.642. The zero-order chi connectivity index (χ0) is 20.4. The number of anilines is 1. The van der Waals surface area contributed by atoms with Crippen molar-refractivity contribution in [2.45, 2.75) is 18.9 Å². The summed E-state index contributed by atoms with van der Waals surface area (Å²) in [6, 6.07) is 18.1. The van der Waals surface area contributed by atoms with E-state index in [-0.39, 0.29) is 17.6 Å². The number of aromatic nitrogens is 1. The molecule has 1 atom stereocenters. The fourth-order valence-electron chi connectivity index (χ4n) is 3.78. The average molecular weight is 390 g/mol. The molecule has 0 fully saturated rings. The summed E-state index contributed by atoms with van der Waals surface area (Å²) < 4.78 is 12.5. The fraction of sp³-hybridized carbons (Fsp3) is 0.217. The fourth-order valence-corrected chi connectivity index (χ4v) is 3.78. The second kappa shape index (κ2) is 7.83. The van der Waals surface area contributed by atoms with E-state index in [9.17, 15) is 9.59 Å². The molecule has 1 aliphatic heterocycles. The third kappa shape index (κ3) is 3.49. The van der Waals surface area contributed by atoms with E-state index in [0.29, 0.717) is 41.4 Å². The topological polar surface area (TPSA) is 69.6 Å². The SMILES string of the molecule is COc1ccc(OC)c(NC(=O)C2CCn3c(C(=O)c4ccccc4)ccc32)c1. The molecule has 2 aromatic carbocycles. The predicted molar refractivity (Wildman–Crippen MR) is 110 cm³/mol. The first kappa shape index (κ1) is 18.8. The molecular weight excluding hydrogens is 368 g/mol. The molecule has 4 rings (SSSR count). The van der Waals surface area contributed by atoms with Crippen LogP contribution in [-0.2, 0) is 11.3 Å². The second-order valence-electron chi connectivity index (χ2n) is 6.89. The number of nitrogens with zero attached hydrogens (tertiary/aromatic N) is 1. The normalized spacial score (nSPS) is 14.9. The number of fused-ring (bicyclic) bond motifs is 1. The Morgan fingerprint density at radius 1 is 1.00 bits per heavy atom. The van der Waals surface area contributed by atoms with Gasteiger partial charge in [0, 0.05) is 23.9 Å². The van der Waals surface area contributed by atoms with Gasteiger partial charge in [0.05, 0.1) is 31.5 Å². The number of carbonyl (C=O) groups is 2. The van der Waals surface area contributed by atoms with Gasteiger partial charge in [-0.15, -0.1) is 0 Å². The molecule has 6 nitrogen and oxygen atoms in total. The van der Waals surface area contributed by atoms with Crippen LogP contribution in [0.25, 0.3) is 0 Å². The number of hydrogen-bond acceptors (Lipinski definition) is 4. The molecule has 1 N–H and O–H groups in total. The van der Waals surface area contributed by atoms with Crippen molar-refractivity contribution in [2.75, 3.05) is 19.5 Å². The van der Waals surface area contributed by atoms with Gasteiger partial charge in [-0.3, -0.25) is 9.59 Å². The van der Waals surface area contributed by atoms with Crippen molar-refractivity contribution >= 4 is 17.4 Å². The number of ether oxygens (including phenoxy) is 2. The lowest BCUT2D eigenvalue weighted by Gasteiger charge is -2.14. The summed E-state index contributed by atoms with van der Waals surface area (Å²) in [5.41, 5.74) is 2.66. The first-order chi connectivity index (χ1) is 14.1. The first-order valence-corrected chi connectivity index (χ1v) is 9.44. The standard InChI is InChI=1S/C23H22N2O4/c1-28-16-8-11-21(29-2)18(14-16)24-23(27)17-12-13-25-19(17)9-10-20(25)22(26)15-6-4-3-5-7-15/h3-11,14,17H,12-13H2,1-2H3,(H,24,27). The molecule has 29 heavy (non-hydrogen) atoms. The van der Waals surface area contributed by atoms with Gasteiger partial charge in [-0.2, -0.15) is 0 Å². The highest BCUT2D eigenvalue weighted by Gasteiger charge is 2.32. The van der Waals surface area contributed by atoms with Crippen LogP contribution in [0.2, 0.25) is 0 Å². The number of nitrogens with one attached hydrogen (secondary N) is 1. The third-order valence-corrected chi connectivity index (χ3v) is 5.26.